The third-order valence-electron chi connectivity index (χ3n) is 6.09. The molecule has 0 bridgehead atoms. The minimum absolute atomic E-state index is 0.171. The number of carbonyl (C=O) groups excluding carboxylic acids is 1. The maximum Gasteiger partial charge on any atom is 0.264 e. The van der Waals surface area contributed by atoms with Crippen LogP contribution in [0.1, 0.15) is 53.2 Å². The molecule has 2 aromatic heterocycles. The average molecular weight is 545 g/mol. The Morgan fingerprint density at radius 1 is 1.17 bits per heavy atom. The molecule has 0 aliphatic rings. The van der Waals surface area contributed by atoms with E-state index in [0.717, 1.165) is 5.56 Å². The number of hydrogen-bond acceptors (Lipinski definition) is 6. The van der Waals surface area contributed by atoms with E-state index in [1.54, 1.807) is 27.7 Å². The third kappa shape index (κ3) is 5.18. The summed E-state index contributed by atoms with van der Waals surface area (Å²) in [5, 5.41) is 1.00. The Morgan fingerprint density at radius 2 is 1.92 bits per heavy atom. The first kappa shape index (κ1) is 26.3. The lowest BCUT2D eigenvalue weighted by atomic mass is 10.1. The zero-order valence-corrected chi connectivity index (χ0v) is 22.4. The van der Waals surface area contributed by atoms with Gasteiger partial charge in [0.25, 0.3) is 11.5 Å². The number of nitrogens with zero attached hydrogens (tertiary/aromatic N) is 4. The van der Waals surface area contributed by atoms with Crippen molar-refractivity contribution >= 4 is 50.9 Å². The van der Waals surface area contributed by atoms with E-state index in [-0.39, 0.29) is 16.5 Å². The minimum atomic E-state index is -0.498. The molecular weight excluding hydrogens is 517 g/mol. The molecule has 0 spiro atoms. The summed E-state index contributed by atoms with van der Waals surface area (Å²) in [6.45, 7) is 4.87. The van der Waals surface area contributed by atoms with Crippen molar-refractivity contribution < 1.29 is 4.79 Å². The highest BCUT2D eigenvalue weighted by Crippen LogP contribution is 2.31. The number of rotatable bonds is 9. The zero-order chi connectivity index (χ0) is 25.8. The molecule has 2 aromatic carbocycles. The second kappa shape index (κ2) is 11.5. The summed E-state index contributed by atoms with van der Waals surface area (Å²) >= 11 is 13.8. The van der Waals surface area contributed by atoms with Crippen molar-refractivity contribution in [3.05, 3.63) is 91.6 Å². The van der Waals surface area contributed by atoms with Crippen molar-refractivity contribution in [3.63, 3.8) is 0 Å². The van der Waals surface area contributed by atoms with Crippen LogP contribution >= 0.6 is 34.7 Å². The van der Waals surface area contributed by atoms with Crippen LogP contribution < -0.4 is 11.3 Å². The quantitative estimate of drug-likeness (QED) is 0.302. The van der Waals surface area contributed by atoms with Gasteiger partial charge in [0, 0.05) is 6.54 Å². The number of benzene rings is 2. The third-order valence-corrected chi connectivity index (χ3v) is 7.74. The lowest BCUT2D eigenvalue weighted by molar-refractivity contribution is 0.0656. The largest absolute Gasteiger partial charge is 0.330 e. The summed E-state index contributed by atoms with van der Waals surface area (Å²) in [6, 6.07) is 14.2. The second-order valence-corrected chi connectivity index (χ2v) is 10.00. The van der Waals surface area contributed by atoms with Gasteiger partial charge in [-0.1, -0.05) is 66.5 Å². The second-order valence-electron chi connectivity index (χ2n) is 8.46. The molecule has 0 unspecified atom stereocenters. The van der Waals surface area contributed by atoms with E-state index in [9.17, 15) is 9.59 Å². The lowest BCUT2D eigenvalue weighted by Gasteiger charge is -2.32. The number of amides is 1. The van der Waals surface area contributed by atoms with E-state index in [2.05, 4.69) is 4.37 Å². The van der Waals surface area contributed by atoms with Gasteiger partial charge < -0.3 is 10.6 Å². The van der Waals surface area contributed by atoms with E-state index in [1.807, 2.05) is 44.2 Å². The summed E-state index contributed by atoms with van der Waals surface area (Å²) in [7, 11) is 0. The van der Waals surface area contributed by atoms with Crippen LogP contribution in [0.15, 0.2) is 53.3 Å². The minimum Gasteiger partial charge on any atom is -0.330 e. The van der Waals surface area contributed by atoms with Crippen molar-refractivity contribution in [2.45, 2.75) is 39.3 Å². The van der Waals surface area contributed by atoms with Crippen molar-refractivity contribution in [1.82, 2.24) is 18.8 Å². The Labute approximate surface area is 223 Å². The Bertz CT molecular complexity index is 1440. The Morgan fingerprint density at radius 3 is 2.61 bits per heavy atom. The lowest BCUT2D eigenvalue weighted by Crippen LogP contribution is -2.40. The van der Waals surface area contributed by atoms with Gasteiger partial charge in [-0.15, -0.1) is 0 Å². The highest BCUT2D eigenvalue weighted by Gasteiger charge is 2.31. The Balaban J connectivity index is 1.89. The maximum atomic E-state index is 13.8. The fourth-order valence-electron chi connectivity index (χ4n) is 4.28. The SMILES string of the molecule is CC[C@@H](c1nc2snc(C)c2c(=O)n1Cc1ccccc1)N(CCCN)C(=O)c1cccc(Cl)c1Cl. The van der Waals surface area contributed by atoms with Gasteiger partial charge in [-0.3, -0.25) is 14.2 Å². The fraction of sp³-hybridized carbons (Fsp3) is 0.308. The normalized spacial score (nSPS) is 12.1. The van der Waals surface area contributed by atoms with Crippen LogP contribution in [0.5, 0.6) is 0 Å². The monoisotopic (exact) mass is 543 g/mol. The molecule has 7 nitrogen and oxygen atoms in total. The van der Waals surface area contributed by atoms with E-state index >= 15 is 0 Å². The first-order chi connectivity index (χ1) is 17.4. The molecule has 0 radical (unpaired) electrons. The van der Waals surface area contributed by atoms with Crippen LogP contribution in [0, 0.1) is 6.92 Å². The molecule has 2 heterocycles. The van der Waals surface area contributed by atoms with Crippen LogP contribution in [0.3, 0.4) is 0 Å². The number of fused-ring (bicyclic) bond motifs is 1. The number of halogens is 2. The van der Waals surface area contributed by atoms with Crippen molar-refractivity contribution in [2.75, 3.05) is 13.1 Å². The fourth-order valence-corrected chi connectivity index (χ4v) is 5.44. The summed E-state index contributed by atoms with van der Waals surface area (Å²) in [5.74, 6) is 0.218. The zero-order valence-electron chi connectivity index (χ0n) is 20.1. The summed E-state index contributed by atoms with van der Waals surface area (Å²) in [4.78, 5) is 34.8. The van der Waals surface area contributed by atoms with E-state index < -0.39 is 6.04 Å². The topological polar surface area (TPSA) is 94.1 Å². The average Bonchev–Trinajstić information content (AvgIpc) is 3.26. The van der Waals surface area contributed by atoms with Crippen molar-refractivity contribution in [2.24, 2.45) is 5.73 Å². The predicted molar refractivity (Wildman–Crippen MR) is 146 cm³/mol. The molecule has 10 heteroatoms. The number of carbonyl (C=O) groups is 1. The molecule has 0 aliphatic heterocycles. The molecule has 0 aliphatic carbocycles. The summed E-state index contributed by atoms with van der Waals surface area (Å²) in [6.07, 6.45) is 1.10. The summed E-state index contributed by atoms with van der Waals surface area (Å²) in [5.41, 5.74) is 7.55. The highest BCUT2D eigenvalue weighted by atomic mass is 35.5. The molecule has 2 N–H and O–H groups in total. The molecule has 1 atom stereocenters. The van der Waals surface area contributed by atoms with Gasteiger partial charge in [0.1, 0.15) is 5.82 Å². The van der Waals surface area contributed by atoms with Crippen LogP contribution in [0.2, 0.25) is 10.0 Å². The van der Waals surface area contributed by atoms with Crippen LogP contribution in [0.25, 0.3) is 10.2 Å². The summed E-state index contributed by atoms with van der Waals surface area (Å²) < 4.78 is 6.03. The molecular formula is C26H27Cl2N5O2S. The highest BCUT2D eigenvalue weighted by molar-refractivity contribution is 7.12. The number of nitrogens with two attached hydrogens (primary N) is 1. The molecule has 36 heavy (non-hydrogen) atoms. The van der Waals surface area contributed by atoms with E-state index in [4.69, 9.17) is 33.9 Å². The first-order valence-corrected chi connectivity index (χ1v) is 13.3. The standard InChI is InChI=1S/C26H27Cl2N5O2S/c1-3-20(32(14-8-13-29)25(34)18-11-7-12-19(27)22(18)28)23-30-24-21(16(2)31-36-24)26(35)33(23)15-17-9-5-4-6-10-17/h4-7,9-12,20H,3,8,13-15,29H2,1-2H3/t20-/m0/s1. The van der Waals surface area contributed by atoms with Gasteiger partial charge in [-0.05, 0) is 55.5 Å². The predicted octanol–water partition coefficient (Wildman–Crippen LogP) is 5.46. The van der Waals surface area contributed by atoms with Gasteiger partial charge >= 0.3 is 0 Å². The van der Waals surface area contributed by atoms with Crippen LogP contribution in [-0.4, -0.2) is 37.8 Å². The van der Waals surface area contributed by atoms with Gasteiger partial charge in [-0.2, -0.15) is 4.37 Å². The first-order valence-electron chi connectivity index (χ1n) is 11.7. The smallest absolute Gasteiger partial charge is 0.264 e. The van der Waals surface area contributed by atoms with Gasteiger partial charge in [0.2, 0.25) is 0 Å². The van der Waals surface area contributed by atoms with Gasteiger partial charge in [0.15, 0.2) is 4.83 Å². The molecule has 4 rings (SSSR count). The van der Waals surface area contributed by atoms with Crippen LogP contribution in [0.4, 0.5) is 0 Å². The molecule has 4 aromatic rings. The molecule has 0 saturated carbocycles. The Kier molecular flexibility index (Phi) is 8.41. The number of aryl methyl sites for hydroxylation is 1. The molecule has 188 valence electrons. The molecule has 0 saturated heterocycles. The number of aromatic nitrogens is 3. The molecule has 1 amide bonds. The van der Waals surface area contributed by atoms with Gasteiger partial charge in [-0.25, -0.2) is 4.98 Å². The van der Waals surface area contributed by atoms with Crippen molar-refractivity contribution in [1.29, 1.82) is 0 Å². The molecule has 0 fully saturated rings. The van der Waals surface area contributed by atoms with Gasteiger partial charge in [0.05, 0.1) is 39.3 Å². The van der Waals surface area contributed by atoms with Crippen LogP contribution in [-0.2, 0) is 6.54 Å². The van der Waals surface area contributed by atoms with Crippen molar-refractivity contribution in [3.8, 4) is 0 Å². The Hall–Kier alpha value is -2.78. The van der Waals surface area contributed by atoms with E-state index in [1.165, 1.54) is 11.5 Å². The maximum absolute atomic E-state index is 13.8. The van der Waals surface area contributed by atoms with E-state index in [0.29, 0.717) is 64.8 Å². The number of hydrogen-bond donors (Lipinski definition) is 1.